The Balaban J connectivity index is 2.90. The summed E-state index contributed by atoms with van der Waals surface area (Å²) in [5, 5.41) is 0. The lowest BCUT2D eigenvalue weighted by atomic mass is 10.2. The van der Waals surface area contributed by atoms with Crippen LogP contribution in [0, 0.1) is 0 Å². The summed E-state index contributed by atoms with van der Waals surface area (Å²) in [6.07, 6.45) is 1.76. The second kappa shape index (κ2) is 3.03. The van der Waals surface area contributed by atoms with Crippen LogP contribution >= 0.6 is 0 Å². The van der Waals surface area contributed by atoms with Crippen LogP contribution in [0.3, 0.4) is 0 Å². The van der Waals surface area contributed by atoms with Gasteiger partial charge in [-0.15, -0.1) is 0 Å². The molecular formula is C8H9NO. The van der Waals surface area contributed by atoms with E-state index >= 15 is 0 Å². The molecule has 0 aromatic heterocycles. The van der Waals surface area contributed by atoms with E-state index in [0.717, 1.165) is 5.56 Å². The lowest BCUT2D eigenvalue weighted by molar-refractivity contribution is 0.334. The van der Waals surface area contributed by atoms with Gasteiger partial charge in [0.2, 0.25) is 0 Å². The van der Waals surface area contributed by atoms with Gasteiger partial charge < -0.3 is 4.84 Å². The van der Waals surface area contributed by atoms with Crippen LogP contribution in [0.2, 0.25) is 0 Å². The summed E-state index contributed by atoms with van der Waals surface area (Å²) in [6.45, 7) is 3.61. The molecule has 1 aromatic rings. The third-order valence-corrected chi connectivity index (χ3v) is 1.25. The zero-order valence-corrected chi connectivity index (χ0v) is 5.58. The van der Waals surface area contributed by atoms with Crippen LogP contribution in [0.1, 0.15) is 5.56 Å². The molecule has 0 aliphatic carbocycles. The molecule has 0 radical (unpaired) electrons. The van der Waals surface area contributed by atoms with Crippen molar-refractivity contribution in [2.75, 3.05) is 0 Å². The van der Waals surface area contributed by atoms with Gasteiger partial charge in [-0.05, 0) is 17.7 Å². The minimum Gasteiger partial charge on any atom is -0.412 e. The van der Waals surface area contributed by atoms with E-state index in [9.17, 15) is 0 Å². The molecule has 0 amide bonds. The van der Waals surface area contributed by atoms with E-state index in [1.807, 2.05) is 12.1 Å². The fraction of sp³-hybridized carbons (Fsp3) is 0. The molecule has 0 heterocycles. The number of rotatable bonds is 2. The van der Waals surface area contributed by atoms with Crippen LogP contribution in [0.15, 0.2) is 30.8 Å². The Labute approximate surface area is 59.9 Å². The SMILES string of the molecule is C=Cc1ccc(ON)cc1. The summed E-state index contributed by atoms with van der Waals surface area (Å²) < 4.78 is 0. The van der Waals surface area contributed by atoms with Crippen molar-refractivity contribution in [2.24, 2.45) is 5.90 Å². The molecule has 52 valence electrons. The first kappa shape index (κ1) is 6.83. The molecule has 0 saturated heterocycles. The second-order valence-electron chi connectivity index (χ2n) is 1.89. The molecule has 1 rings (SSSR count). The quantitative estimate of drug-likeness (QED) is 0.625. The van der Waals surface area contributed by atoms with Gasteiger partial charge in [-0.3, -0.25) is 0 Å². The molecule has 0 bridgehead atoms. The standard InChI is InChI=1S/C8H9NO/c1-2-7-3-5-8(10-9)6-4-7/h2-6H,1,9H2. The van der Waals surface area contributed by atoms with Gasteiger partial charge >= 0.3 is 0 Å². The van der Waals surface area contributed by atoms with Crippen LogP contribution in [0.4, 0.5) is 0 Å². The van der Waals surface area contributed by atoms with Crippen molar-refractivity contribution in [1.29, 1.82) is 0 Å². The summed E-state index contributed by atoms with van der Waals surface area (Å²) in [5.74, 6) is 5.57. The molecule has 10 heavy (non-hydrogen) atoms. The Morgan fingerprint density at radius 2 is 1.90 bits per heavy atom. The van der Waals surface area contributed by atoms with Gasteiger partial charge in [-0.2, -0.15) is 5.90 Å². The Morgan fingerprint density at radius 3 is 2.30 bits per heavy atom. The van der Waals surface area contributed by atoms with Crippen LogP contribution in [0.5, 0.6) is 5.75 Å². The zero-order chi connectivity index (χ0) is 7.40. The monoisotopic (exact) mass is 135 g/mol. The molecule has 0 fully saturated rings. The number of nitrogens with two attached hydrogens (primary N) is 1. The van der Waals surface area contributed by atoms with Crippen molar-refractivity contribution in [3.05, 3.63) is 36.4 Å². The van der Waals surface area contributed by atoms with E-state index in [1.54, 1.807) is 18.2 Å². The highest BCUT2D eigenvalue weighted by atomic mass is 16.6. The van der Waals surface area contributed by atoms with E-state index in [0.29, 0.717) is 5.75 Å². The molecule has 0 atom stereocenters. The molecule has 2 nitrogen and oxygen atoms in total. The van der Waals surface area contributed by atoms with Gasteiger partial charge in [-0.25, -0.2) is 0 Å². The Hall–Kier alpha value is -1.28. The minimum atomic E-state index is 0.658. The van der Waals surface area contributed by atoms with Gasteiger partial charge in [-0.1, -0.05) is 24.8 Å². The predicted octanol–water partition coefficient (Wildman–Crippen LogP) is 1.58. The Kier molecular flexibility index (Phi) is 2.07. The van der Waals surface area contributed by atoms with Gasteiger partial charge in [0.05, 0.1) is 0 Å². The zero-order valence-electron chi connectivity index (χ0n) is 5.58. The minimum absolute atomic E-state index is 0.658. The summed E-state index contributed by atoms with van der Waals surface area (Å²) in [7, 11) is 0. The van der Waals surface area contributed by atoms with Crippen LogP contribution in [-0.2, 0) is 0 Å². The van der Waals surface area contributed by atoms with Gasteiger partial charge in [0, 0.05) is 0 Å². The summed E-state index contributed by atoms with van der Waals surface area (Å²) in [4.78, 5) is 4.48. The first-order valence-electron chi connectivity index (χ1n) is 2.96. The Bertz CT molecular complexity index is 215. The third kappa shape index (κ3) is 1.36. The molecule has 0 spiro atoms. The van der Waals surface area contributed by atoms with Crippen molar-refractivity contribution in [3.63, 3.8) is 0 Å². The maximum Gasteiger partial charge on any atom is 0.146 e. The Morgan fingerprint density at radius 1 is 1.30 bits per heavy atom. The van der Waals surface area contributed by atoms with Crippen molar-refractivity contribution in [2.45, 2.75) is 0 Å². The predicted molar refractivity (Wildman–Crippen MR) is 41.3 cm³/mol. The van der Waals surface area contributed by atoms with Crippen molar-refractivity contribution in [3.8, 4) is 5.75 Å². The molecular weight excluding hydrogens is 126 g/mol. The number of benzene rings is 1. The van der Waals surface area contributed by atoms with Crippen molar-refractivity contribution >= 4 is 6.08 Å². The first-order chi connectivity index (χ1) is 4.86. The highest BCUT2D eigenvalue weighted by Gasteiger charge is 1.88. The highest BCUT2D eigenvalue weighted by Crippen LogP contribution is 2.10. The van der Waals surface area contributed by atoms with Gasteiger partial charge in [0.25, 0.3) is 0 Å². The second-order valence-corrected chi connectivity index (χ2v) is 1.89. The maximum absolute atomic E-state index is 4.92. The van der Waals surface area contributed by atoms with E-state index in [1.165, 1.54) is 0 Å². The summed E-state index contributed by atoms with van der Waals surface area (Å²) >= 11 is 0. The molecule has 0 aliphatic heterocycles. The van der Waals surface area contributed by atoms with Gasteiger partial charge in [0.15, 0.2) is 0 Å². The summed E-state index contributed by atoms with van der Waals surface area (Å²) in [5.41, 5.74) is 1.06. The average molecular weight is 135 g/mol. The smallest absolute Gasteiger partial charge is 0.146 e. The molecule has 0 unspecified atom stereocenters. The fourth-order valence-electron chi connectivity index (χ4n) is 0.682. The van der Waals surface area contributed by atoms with Crippen LogP contribution in [0.25, 0.3) is 6.08 Å². The lowest BCUT2D eigenvalue weighted by Crippen LogP contribution is -2.00. The summed E-state index contributed by atoms with van der Waals surface area (Å²) in [6, 6.07) is 7.35. The normalized spacial score (nSPS) is 8.90. The van der Waals surface area contributed by atoms with E-state index in [-0.39, 0.29) is 0 Å². The number of hydrogen-bond donors (Lipinski definition) is 1. The van der Waals surface area contributed by atoms with Crippen LogP contribution < -0.4 is 10.7 Å². The first-order valence-corrected chi connectivity index (χ1v) is 2.96. The molecule has 2 N–H and O–H groups in total. The van der Waals surface area contributed by atoms with Crippen LogP contribution in [-0.4, -0.2) is 0 Å². The molecule has 0 saturated carbocycles. The number of hydrogen-bond acceptors (Lipinski definition) is 2. The van der Waals surface area contributed by atoms with E-state index in [2.05, 4.69) is 11.4 Å². The maximum atomic E-state index is 4.92. The molecule has 1 aromatic carbocycles. The van der Waals surface area contributed by atoms with E-state index in [4.69, 9.17) is 5.90 Å². The molecule has 0 aliphatic rings. The fourth-order valence-corrected chi connectivity index (χ4v) is 0.682. The third-order valence-electron chi connectivity index (χ3n) is 1.25. The van der Waals surface area contributed by atoms with E-state index < -0.39 is 0 Å². The van der Waals surface area contributed by atoms with Crippen molar-refractivity contribution in [1.82, 2.24) is 0 Å². The topological polar surface area (TPSA) is 35.2 Å². The highest BCUT2D eigenvalue weighted by molar-refractivity contribution is 5.48. The average Bonchev–Trinajstić information content (AvgIpc) is 2.05. The lowest BCUT2D eigenvalue weighted by Gasteiger charge is -1.96. The van der Waals surface area contributed by atoms with Gasteiger partial charge in [0.1, 0.15) is 5.75 Å². The largest absolute Gasteiger partial charge is 0.412 e. The van der Waals surface area contributed by atoms with Crippen molar-refractivity contribution < 1.29 is 4.84 Å². The molecule has 2 heteroatoms.